The molecule has 0 aliphatic carbocycles. The number of ether oxygens (including phenoxy) is 2. The Balaban J connectivity index is 2.02. The summed E-state index contributed by atoms with van der Waals surface area (Å²) in [4.78, 5) is 19.1. The lowest BCUT2D eigenvalue weighted by Crippen LogP contribution is -2.29. The zero-order valence-corrected chi connectivity index (χ0v) is 17.5. The average molecular weight is 482 g/mol. The number of esters is 1. The van der Waals surface area contributed by atoms with Crippen LogP contribution in [0.25, 0.3) is 0 Å². The Bertz CT molecular complexity index is 1120. The van der Waals surface area contributed by atoms with Crippen LogP contribution in [-0.2, 0) is 21.3 Å². The van der Waals surface area contributed by atoms with Gasteiger partial charge in [-0.1, -0.05) is 17.8 Å². The summed E-state index contributed by atoms with van der Waals surface area (Å²) in [5.74, 6) is -2.60. The fraction of sp³-hybridized carbons (Fsp3) is 0.353. The van der Waals surface area contributed by atoms with Gasteiger partial charge in [0.25, 0.3) is 0 Å². The van der Waals surface area contributed by atoms with Gasteiger partial charge in [0, 0.05) is 6.92 Å². The van der Waals surface area contributed by atoms with Gasteiger partial charge in [0.15, 0.2) is 5.16 Å². The van der Waals surface area contributed by atoms with E-state index < -0.39 is 39.4 Å². The number of hydrogen-bond acceptors (Lipinski definition) is 9. The Labute approximate surface area is 178 Å². The molecule has 0 spiro atoms. The van der Waals surface area contributed by atoms with E-state index in [9.17, 15) is 30.8 Å². The maximum Gasteiger partial charge on any atom is 0.534 e. The Hall–Kier alpha value is -2.61. The van der Waals surface area contributed by atoms with Crippen molar-refractivity contribution >= 4 is 27.8 Å². The number of fused-ring (bicyclic) bond motifs is 1. The molecule has 1 aromatic heterocycles. The van der Waals surface area contributed by atoms with Crippen LogP contribution in [0.3, 0.4) is 0 Å². The van der Waals surface area contributed by atoms with Crippen LogP contribution in [0.5, 0.6) is 17.5 Å². The van der Waals surface area contributed by atoms with E-state index in [1.807, 2.05) is 0 Å². The topological polar surface area (TPSA) is 105 Å². The van der Waals surface area contributed by atoms with E-state index in [0.717, 1.165) is 24.8 Å². The summed E-state index contributed by atoms with van der Waals surface area (Å²) < 4.78 is 90.4. The molecule has 1 aliphatic rings. The summed E-state index contributed by atoms with van der Waals surface area (Å²) in [6, 6.07) is 3.81. The van der Waals surface area contributed by atoms with Crippen LogP contribution in [0.4, 0.5) is 17.6 Å². The molecule has 0 N–H and O–H groups in total. The summed E-state index contributed by atoms with van der Waals surface area (Å²) in [5, 5.41) is -0.125. The summed E-state index contributed by atoms with van der Waals surface area (Å²) >= 11 is 0.899. The maximum absolute atomic E-state index is 14.5. The van der Waals surface area contributed by atoms with Gasteiger partial charge in [0.05, 0.1) is 11.1 Å². The zero-order chi connectivity index (χ0) is 23.0. The van der Waals surface area contributed by atoms with Crippen LogP contribution in [-0.4, -0.2) is 36.1 Å². The van der Waals surface area contributed by atoms with E-state index in [1.54, 1.807) is 0 Å². The lowest BCUT2D eigenvalue weighted by molar-refractivity contribution is -0.132. The van der Waals surface area contributed by atoms with Crippen molar-refractivity contribution < 1.29 is 44.4 Å². The van der Waals surface area contributed by atoms with Crippen molar-refractivity contribution in [2.24, 2.45) is 0 Å². The van der Waals surface area contributed by atoms with Crippen LogP contribution in [0.15, 0.2) is 23.4 Å². The van der Waals surface area contributed by atoms with Gasteiger partial charge in [0.2, 0.25) is 11.8 Å². The minimum Gasteiger partial charge on any atom is -0.469 e. The van der Waals surface area contributed by atoms with Gasteiger partial charge in [-0.05, 0) is 31.2 Å². The van der Waals surface area contributed by atoms with Crippen molar-refractivity contribution in [2.45, 2.75) is 36.5 Å². The summed E-state index contributed by atoms with van der Waals surface area (Å²) in [7, 11) is -5.97. The van der Waals surface area contributed by atoms with Gasteiger partial charge in [-0.3, -0.25) is 4.79 Å². The van der Waals surface area contributed by atoms with Gasteiger partial charge in [0.1, 0.15) is 17.7 Å². The van der Waals surface area contributed by atoms with Gasteiger partial charge in [-0.15, -0.1) is 0 Å². The Morgan fingerprint density at radius 3 is 2.61 bits per heavy atom. The largest absolute Gasteiger partial charge is 0.534 e. The molecule has 0 saturated carbocycles. The van der Waals surface area contributed by atoms with E-state index in [1.165, 1.54) is 18.4 Å². The highest BCUT2D eigenvalue weighted by atomic mass is 32.2. The molecule has 8 nitrogen and oxygen atoms in total. The Kier molecular flexibility index (Phi) is 6.32. The number of thioether (sulfide) groups is 1. The fourth-order valence-electron chi connectivity index (χ4n) is 2.79. The molecule has 0 saturated heterocycles. The van der Waals surface area contributed by atoms with Crippen molar-refractivity contribution in [1.82, 2.24) is 9.97 Å². The van der Waals surface area contributed by atoms with E-state index in [0.29, 0.717) is 0 Å². The molecule has 0 bridgehead atoms. The number of aromatic nitrogens is 2. The monoisotopic (exact) mass is 482 g/mol. The van der Waals surface area contributed by atoms with Gasteiger partial charge in [-0.2, -0.15) is 31.6 Å². The molecule has 31 heavy (non-hydrogen) atoms. The summed E-state index contributed by atoms with van der Waals surface area (Å²) in [6.45, 7) is 1.13. The molecule has 2 aromatic rings. The predicted octanol–water partition coefficient (Wildman–Crippen LogP) is 3.56. The number of benzene rings is 1. The Morgan fingerprint density at radius 1 is 1.29 bits per heavy atom. The molecule has 1 aromatic carbocycles. The second-order valence-corrected chi connectivity index (χ2v) is 8.48. The minimum absolute atomic E-state index is 0.00734. The number of alkyl halides is 3. The maximum atomic E-state index is 14.5. The highest BCUT2D eigenvalue weighted by Crippen LogP contribution is 2.42. The first-order chi connectivity index (χ1) is 14.4. The Morgan fingerprint density at radius 2 is 2.00 bits per heavy atom. The summed E-state index contributed by atoms with van der Waals surface area (Å²) in [5.41, 5.74) is -5.86. The van der Waals surface area contributed by atoms with Gasteiger partial charge in [-0.25, -0.2) is 4.39 Å². The van der Waals surface area contributed by atoms with Crippen LogP contribution >= 0.6 is 11.8 Å². The molecule has 1 unspecified atom stereocenters. The highest BCUT2D eigenvalue weighted by molar-refractivity contribution is 7.98. The predicted molar refractivity (Wildman–Crippen MR) is 98.8 cm³/mol. The lowest BCUT2D eigenvalue weighted by Gasteiger charge is -2.27. The molecular formula is C17H14F4N2O6S2. The van der Waals surface area contributed by atoms with Crippen molar-refractivity contribution in [3.05, 3.63) is 35.1 Å². The van der Waals surface area contributed by atoms with Crippen LogP contribution in [0.2, 0.25) is 0 Å². The third-order valence-corrected chi connectivity index (χ3v) is 5.56. The van der Waals surface area contributed by atoms with Crippen LogP contribution < -0.4 is 13.7 Å². The normalized spacial score (nSPS) is 16.3. The summed E-state index contributed by atoms with van der Waals surface area (Å²) in [6.07, 6.45) is 0.386. The molecule has 2 heterocycles. The molecule has 0 amide bonds. The van der Waals surface area contributed by atoms with Crippen molar-refractivity contribution in [3.8, 4) is 17.5 Å². The van der Waals surface area contributed by atoms with Crippen molar-refractivity contribution in [3.63, 3.8) is 0 Å². The molecule has 0 fully saturated rings. The minimum atomic E-state index is -5.97. The van der Waals surface area contributed by atoms with Crippen LogP contribution in [0, 0.1) is 5.82 Å². The molecule has 168 valence electrons. The third-order valence-electron chi connectivity index (χ3n) is 4.06. The second kappa shape index (κ2) is 8.49. The van der Waals surface area contributed by atoms with E-state index in [4.69, 9.17) is 9.47 Å². The molecule has 3 rings (SSSR count). The van der Waals surface area contributed by atoms with E-state index in [2.05, 4.69) is 14.2 Å². The first-order valence-electron chi connectivity index (χ1n) is 8.52. The molecule has 1 atom stereocenters. The SMILES string of the molecule is CSc1nc2c(c(OS(=O)(=O)C(F)(F)F)n1)CCC(c1c(F)cccc1OC(C)=O)O2. The number of nitrogens with zero attached hydrogens (tertiary/aromatic N) is 2. The third kappa shape index (κ3) is 4.84. The lowest BCUT2D eigenvalue weighted by atomic mass is 9.98. The highest BCUT2D eigenvalue weighted by Gasteiger charge is 2.49. The van der Waals surface area contributed by atoms with E-state index >= 15 is 0 Å². The van der Waals surface area contributed by atoms with Crippen molar-refractivity contribution in [1.29, 1.82) is 0 Å². The van der Waals surface area contributed by atoms with Crippen molar-refractivity contribution in [2.75, 3.05) is 6.26 Å². The number of carbonyl (C=O) groups excluding carboxylic acids is 1. The number of carbonyl (C=O) groups is 1. The standard InChI is InChI=1S/C17H14F4N2O6S2/c1-8(24)27-11-5-3-4-10(18)13(11)12-7-6-9-14(28-12)22-16(30-2)23-15(9)29-31(25,26)17(19,20)21/h3-5,12H,6-7H2,1-2H3. The number of rotatable bonds is 5. The second-order valence-electron chi connectivity index (χ2n) is 6.17. The quantitative estimate of drug-likeness (QED) is 0.120. The number of hydrogen-bond donors (Lipinski definition) is 0. The molecule has 1 aliphatic heterocycles. The first kappa shape index (κ1) is 23.1. The van der Waals surface area contributed by atoms with Crippen LogP contribution in [0.1, 0.15) is 30.6 Å². The molecular weight excluding hydrogens is 468 g/mol. The molecule has 14 heteroatoms. The fourth-order valence-corrected chi connectivity index (χ4v) is 3.58. The zero-order valence-electron chi connectivity index (χ0n) is 15.9. The molecule has 0 radical (unpaired) electrons. The van der Waals surface area contributed by atoms with Gasteiger partial charge < -0.3 is 13.7 Å². The van der Waals surface area contributed by atoms with Gasteiger partial charge >= 0.3 is 21.6 Å². The smallest absolute Gasteiger partial charge is 0.469 e. The van der Waals surface area contributed by atoms with E-state index in [-0.39, 0.29) is 40.8 Å². The first-order valence-corrected chi connectivity index (χ1v) is 11.2. The average Bonchev–Trinajstić information content (AvgIpc) is 2.66. The number of halogens is 4.